The van der Waals surface area contributed by atoms with Crippen molar-refractivity contribution in [3.63, 3.8) is 0 Å². The maximum Gasteiger partial charge on any atom is 0.309 e. The summed E-state index contributed by atoms with van der Waals surface area (Å²) in [6.45, 7) is 1.94. The molecule has 1 aliphatic rings. The molecule has 0 unspecified atom stereocenters. The molecule has 0 radical (unpaired) electrons. The van der Waals surface area contributed by atoms with Crippen molar-refractivity contribution in [3.05, 3.63) is 35.9 Å². The number of benzene rings is 1. The van der Waals surface area contributed by atoms with E-state index in [-0.39, 0.29) is 18.0 Å². The Morgan fingerprint density at radius 1 is 1.18 bits per heavy atom. The third-order valence-electron chi connectivity index (χ3n) is 3.50. The summed E-state index contributed by atoms with van der Waals surface area (Å²) in [6, 6.07) is 9.91. The zero-order valence-corrected chi connectivity index (χ0v) is 10.4. The third-order valence-corrected chi connectivity index (χ3v) is 3.50. The first kappa shape index (κ1) is 12.2. The van der Waals surface area contributed by atoms with Crippen LogP contribution in [0.15, 0.2) is 30.3 Å². The highest BCUT2D eigenvalue weighted by Crippen LogP contribution is 2.27. The number of hydrogen-bond acceptors (Lipinski definition) is 2. The highest BCUT2D eigenvalue weighted by atomic mass is 16.5. The molecule has 2 heteroatoms. The molecule has 1 aromatic carbocycles. The van der Waals surface area contributed by atoms with E-state index in [0.717, 1.165) is 18.4 Å². The van der Waals surface area contributed by atoms with Gasteiger partial charge in [0.2, 0.25) is 0 Å². The molecule has 1 saturated carbocycles. The van der Waals surface area contributed by atoms with E-state index in [1.807, 2.05) is 37.3 Å². The standard InChI is InChI=1S/C15H20O2/c1-12(13-8-4-2-5-9-13)17-15(16)14-10-6-3-7-11-14/h2,4-5,8-9,12,14H,3,6-7,10-11H2,1H3/t12-/m1/s1. The molecule has 2 nitrogen and oxygen atoms in total. The van der Waals surface area contributed by atoms with Crippen LogP contribution in [-0.2, 0) is 9.53 Å². The summed E-state index contributed by atoms with van der Waals surface area (Å²) in [5.41, 5.74) is 1.07. The monoisotopic (exact) mass is 232 g/mol. The van der Waals surface area contributed by atoms with Gasteiger partial charge in [-0.25, -0.2) is 0 Å². The zero-order valence-electron chi connectivity index (χ0n) is 10.4. The largest absolute Gasteiger partial charge is 0.458 e. The van der Waals surface area contributed by atoms with Crippen molar-refractivity contribution in [1.29, 1.82) is 0 Å². The molecule has 0 heterocycles. The van der Waals surface area contributed by atoms with Gasteiger partial charge in [0, 0.05) is 0 Å². The van der Waals surface area contributed by atoms with Gasteiger partial charge >= 0.3 is 5.97 Å². The van der Waals surface area contributed by atoms with Gasteiger partial charge in [0.05, 0.1) is 5.92 Å². The molecule has 0 aromatic heterocycles. The second-order valence-corrected chi connectivity index (χ2v) is 4.82. The minimum atomic E-state index is -0.134. The lowest BCUT2D eigenvalue weighted by molar-refractivity contribution is -0.154. The lowest BCUT2D eigenvalue weighted by atomic mass is 9.89. The van der Waals surface area contributed by atoms with Crippen LogP contribution in [0.3, 0.4) is 0 Å². The molecule has 2 rings (SSSR count). The topological polar surface area (TPSA) is 26.3 Å². The van der Waals surface area contributed by atoms with Gasteiger partial charge in [0.1, 0.15) is 6.10 Å². The van der Waals surface area contributed by atoms with Gasteiger partial charge in [-0.2, -0.15) is 0 Å². The molecule has 17 heavy (non-hydrogen) atoms. The van der Waals surface area contributed by atoms with Gasteiger partial charge in [-0.05, 0) is 25.3 Å². The number of rotatable bonds is 3. The van der Waals surface area contributed by atoms with E-state index >= 15 is 0 Å². The van der Waals surface area contributed by atoms with Crippen molar-refractivity contribution >= 4 is 5.97 Å². The van der Waals surface area contributed by atoms with Crippen molar-refractivity contribution in [2.45, 2.75) is 45.1 Å². The summed E-state index contributed by atoms with van der Waals surface area (Å²) in [7, 11) is 0. The van der Waals surface area contributed by atoms with Crippen LogP contribution < -0.4 is 0 Å². The van der Waals surface area contributed by atoms with Crippen LogP contribution in [0.2, 0.25) is 0 Å². The normalized spacial score (nSPS) is 18.6. The number of carbonyl (C=O) groups is 1. The fraction of sp³-hybridized carbons (Fsp3) is 0.533. The van der Waals surface area contributed by atoms with Crippen LogP contribution in [0.1, 0.15) is 50.7 Å². The molecule has 0 bridgehead atoms. The molecule has 1 aromatic rings. The Kier molecular flexibility index (Phi) is 4.18. The van der Waals surface area contributed by atoms with Crippen LogP contribution >= 0.6 is 0 Å². The zero-order chi connectivity index (χ0) is 12.1. The molecule has 1 aliphatic carbocycles. The average molecular weight is 232 g/mol. The van der Waals surface area contributed by atoms with E-state index in [1.54, 1.807) is 0 Å². The highest BCUT2D eigenvalue weighted by molar-refractivity contribution is 5.72. The predicted octanol–water partition coefficient (Wildman–Crippen LogP) is 3.87. The summed E-state index contributed by atoms with van der Waals surface area (Å²) in [5.74, 6) is 0.121. The van der Waals surface area contributed by atoms with Gasteiger partial charge in [-0.15, -0.1) is 0 Å². The van der Waals surface area contributed by atoms with Gasteiger partial charge in [0.25, 0.3) is 0 Å². The number of hydrogen-bond donors (Lipinski definition) is 0. The average Bonchev–Trinajstić information content (AvgIpc) is 2.40. The molecule has 0 saturated heterocycles. The fourth-order valence-corrected chi connectivity index (χ4v) is 2.40. The van der Waals surface area contributed by atoms with E-state index in [1.165, 1.54) is 19.3 Å². The highest BCUT2D eigenvalue weighted by Gasteiger charge is 2.24. The van der Waals surface area contributed by atoms with Crippen molar-refractivity contribution in [2.75, 3.05) is 0 Å². The first-order chi connectivity index (χ1) is 8.27. The molecule has 1 atom stereocenters. The predicted molar refractivity (Wildman–Crippen MR) is 67.5 cm³/mol. The second kappa shape index (κ2) is 5.85. The smallest absolute Gasteiger partial charge is 0.309 e. The third kappa shape index (κ3) is 3.32. The van der Waals surface area contributed by atoms with Gasteiger partial charge in [-0.1, -0.05) is 49.6 Å². The van der Waals surface area contributed by atoms with Crippen LogP contribution in [0.5, 0.6) is 0 Å². The van der Waals surface area contributed by atoms with Crippen LogP contribution in [0.25, 0.3) is 0 Å². The van der Waals surface area contributed by atoms with E-state index in [9.17, 15) is 4.79 Å². The Balaban J connectivity index is 1.89. The molecular weight excluding hydrogens is 212 g/mol. The minimum absolute atomic E-state index is 0.0129. The van der Waals surface area contributed by atoms with E-state index in [2.05, 4.69) is 0 Å². The summed E-state index contributed by atoms with van der Waals surface area (Å²) in [5, 5.41) is 0. The maximum absolute atomic E-state index is 12.0. The maximum atomic E-state index is 12.0. The molecule has 92 valence electrons. The Morgan fingerprint density at radius 3 is 2.47 bits per heavy atom. The first-order valence-electron chi connectivity index (χ1n) is 6.53. The lowest BCUT2D eigenvalue weighted by Gasteiger charge is -2.22. The van der Waals surface area contributed by atoms with Crippen LogP contribution in [0, 0.1) is 5.92 Å². The van der Waals surface area contributed by atoms with Crippen molar-refractivity contribution in [2.24, 2.45) is 5.92 Å². The van der Waals surface area contributed by atoms with E-state index in [4.69, 9.17) is 4.74 Å². The van der Waals surface area contributed by atoms with Gasteiger partial charge in [0.15, 0.2) is 0 Å². The summed E-state index contributed by atoms with van der Waals surface area (Å²) in [4.78, 5) is 12.0. The summed E-state index contributed by atoms with van der Waals surface area (Å²) < 4.78 is 5.54. The van der Waals surface area contributed by atoms with Crippen LogP contribution in [0.4, 0.5) is 0 Å². The van der Waals surface area contributed by atoms with Crippen molar-refractivity contribution < 1.29 is 9.53 Å². The molecule has 0 aliphatic heterocycles. The molecular formula is C15H20O2. The Labute approximate surface area is 103 Å². The van der Waals surface area contributed by atoms with Gasteiger partial charge < -0.3 is 4.74 Å². The number of esters is 1. The molecule has 0 spiro atoms. The minimum Gasteiger partial charge on any atom is -0.458 e. The van der Waals surface area contributed by atoms with E-state index in [0.29, 0.717) is 0 Å². The molecule has 0 amide bonds. The van der Waals surface area contributed by atoms with Crippen molar-refractivity contribution in [1.82, 2.24) is 0 Å². The quantitative estimate of drug-likeness (QED) is 0.739. The van der Waals surface area contributed by atoms with Gasteiger partial charge in [-0.3, -0.25) is 4.79 Å². The fourth-order valence-electron chi connectivity index (χ4n) is 2.40. The van der Waals surface area contributed by atoms with Crippen LogP contribution in [-0.4, -0.2) is 5.97 Å². The van der Waals surface area contributed by atoms with Crippen molar-refractivity contribution in [3.8, 4) is 0 Å². The second-order valence-electron chi connectivity index (χ2n) is 4.82. The Morgan fingerprint density at radius 2 is 1.82 bits per heavy atom. The number of ether oxygens (including phenoxy) is 1. The van der Waals surface area contributed by atoms with E-state index < -0.39 is 0 Å². The lowest BCUT2D eigenvalue weighted by Crippen LogP contribution is -2.21. The number of carbonyl (C=O) groups excluding carboxylic acids is 1. The first-order valence-corrected chi connectivity index (χ1v) is 6.53. The molecule has 0 N–H and O–H groups in total. The summed E-state index contributed by atoms with van der Waals surface area (Å²) >= 11 is 0. The summed E-state index contributed by atoms with van der Waals surface area (Å²) in [6.07, 6.45) is 5.46. The SMILES string of the molecule is C[C@@H](OC(=O)C1CCCCC1)c1ccccc1. The molecule has 1 fully saturated rings. The Bertz CT molecular complexity index is 352. The Hall–Kier alpha value is -1.31.